The van der Waals surface area contributed by atoms with Crippen LogP contribution in [0.15, 0.2) is 23.1 Å². The summed E-state index contributed by atoms with van der Waals surface area (Å²) >= 11 is 0. The molecule has 0 bridgehead atoms. The fourth-order valence-electron chi connectivity index (χ4n) is 2.23. The van der Waals surface area contributed by atoms with E-state index in [1.807, 2.05) is 0 Å². The highest BCUT2D eigenvalue weighted by Gasteiger charge is 2.40. The molecule has 1 aromatic rings. The molecule has 1 heterocycles. The topological polar surface area (TPSA) is 81.9 Å². The van der Waals surface area contributed by atoms with Gasteiger partial charge in [0.1, 0.15) is 10.7 Å². The third kappa shape index (κ3) is 2.64. The van der Waals surface area contributed by atoms with Gasteiger partial charge in [-0.15, -0.1) is 0 Å². The summed E-state index contributed by atoms with van der Waals surface area (Å²) in [5.41, 5.74) is 5.66. The van der Waals surface area contributed by atoms with E-state index in [4.69, 9.17) is 15.2 Å². The molecular weight excluding hydrogens is 287 g/mol. The van der Waals surface area contributed by atoms with Gasteiger partial charge in [-0.1, -0.05) is 0 Å². The number of methoxy groups -OCH3 is 2. The molecule has 1 aliphatic heterocycles. The molecule has 20 heavy (non-hydrogen) atoms. The van der Waals surface area contributed by atoms with E-state index in [2.05, 4.69) is 0 Å². The molecule has 2 atom stereocenters. The largest absolute Gasteiger partial charge is 0.398 e. The molecule has 0 saturated carbocycles. The molecule has 6 nitrogen and oxygen atoms in total. The molecule has 1 fully saturated rings. The van der Waals surface area contributed by atoms with Crippen molar-refractivity contribution in [2.75, 3.05) is 33.0 Å². The van der Waals surface area contributed by atoms with Crippen molar-refractivity contribution in [1.82, 2.24) is 4.31 Å². The molecule has 8 heteroatoms. The number of anilines is 1. The Balaban J connectivity index is 2.34. The normalized spacial score (nSPS) is 24.1. The number of rotatable bonds is 4. The Morgan fingerprint density at radius 2 is 1.80 bits per heavy atom. The Hall–Kier alpha value is -1.22. The van der Waals surface area contributed by atoms with Crippen LogP contribution in [0, 0.1) is 5.82 Å². The predicted octanol–water partition coefficient (Wildman–Crippen LogP) is 0.442. The van der Waals surface area contributed by atoms with Gasteiger partial charge in [-0.2, -0.15) is 4.31 Å². The summed E-state index contributed by atoms with van der Waals surface area (Å²) in [6.07, 6.45) is -0.714. The van der Waals surface area contributed by atoms with Gasteiger partial charge in [-0.25, -0.2) is 12.8 Å². The molecule has 0 radical (unpaired) electrons. The maximum absolute atomic E-state index is 13.3. The first-order valence-electron chi connectivity index (χ1n) is 6.01. The second kappa shape index (κ2) is 5.65. The average molecular weight is 304 g/mol. The van der Waals surface area contributed by atoms with Crippen LogP contribution in [0.25, 0.3) is 0 Å². The van der Waals surface area contributed by atoms with Crippen LogP contribution in [0.5, 0.6) is 0 Å². The zero-order chi connectivity index (χ0) is 14.9. The van der Waals surface area contributed by atoms with E-state index in [1.54, 1.807) is 0 Å². The first kappa shape index (κ1) is 15.2. The third-order valence-electron chi connectivity index (χ3n) is 3.38. The van der Waals surface area contributed by atoms with E-state index in [0.717, 1.165) is 12.1 Å². The number of benzene rings is 1. The number of nitrogen functional groups attached to an aromatic ring is 1. The quantitative estimate of drug-likeness (QED) is 0.816. The SMILES string of the molecule is COC1CN(S(=O)(=O)c2cc(F)ccc2N)CC1OC. The zero-order valence-corrected chi connectivity index (χ0v) is 12.1. The summed E-state index contributed by atoms with van der Waals surface area (Å²) in [7, 11) is -0.891. The zero-order valence-electron chi connectivity index (χ0n) is 11.2. The van der Waals surface area contributed by atoms with E-state index in [1.165, 1.54) is 24.6 Å². The molecule has 1 saturated heterocycles. The Morgan fingerprint density at radius 3 is 2.30 bits per heavy atom. The second-order valence-electron chi connectivity index (χ2n) is 4.55. The van der Waals surface area contributed by atoms with Crippen molar-refractivity contribution in [3.63, 3.8) is 0 Å². The molecule has 0 spiro atoms. The lowest BCUT2D eigenvalue weighted by atomic mass is 10.3. The minimum Gasteiger partial charge on any atom is -0.398 e. The van der Waals surface area contributed by atoms with Crippen LogP contribution in [0.1, 0.15) is 0 Å². The van der Waals surface area contributed by atoms with E-state index in [0.29, 0.717) is 0 Å². The van der Waals surface area contributed by atoms with Crippen LogP contribution >= 0.6 is 0 Å². The minimum atomic E-state index is -3.87. The smallest absolute Gasteiger partial charge is 0.245 e. The Labute approximate surface area is 117 Å². The number of nitrogens with zero attached hydrogens (tertiary/aromatic N) is 1. The first-order valence-corrected chi connectivity index (χ1v) is 7.45. The predicted molar refractivity (Wildman–Crippen MR) is 71.2 cm³/mol. The standard InChI is InChI=1S/C12H17FN2O4S/c1-18-10-6-15(7-11(10)19-2)20(16,17)12-5-8(13)3-4-9(12)14/h3-5,10-11H,6-7,14H2,1-2H3. The molecule has 112 valence electrons. The van der Waals surface area contributed by atoms with Gasteiger partial charge in [-0.3, -0.25) is 0 Å². The summed E-state index contributed by atoms with van der Waals surface area (Å²) in [6.45, 7) is 0.292. The highest BCUT2D eigenvalue weighted by atomic mass is 32.2. The first-order chi connectivity index (χ1) is 9.40. The van der Waals surface area contributed by atoms with Crippen LogP contribution < -0.4 is 5.73 Å². The molecule has 0 aliphatic carbocycles. The molecule has 1 aliphatic rings. The van der Waals surface area contributed by atoms with Crippen molar-refractivity contribution in [2.45, 2.75) is 17.1 Å². The highest BCUT2D eigenvalue weighted by Crippen LogP contribution is 2.27. The van der Waals surface area contributed by atoms with Crippen LogP contribution in [0.4, 0.5) is 10.1 Å². The van der Waals surface area contributed by atoms with Crippen LogP contribution in [-0.2, 0) is 19.5 Å². The van der Waals surface area contributed by atoms with Gasteiger partial charge in [-0.05, 0) is 18.2 Å². The number of ether oxygens (including phenoxy) is 2. The van der Waals surface area contributed by atoms with Crippen LogP contribution in [-0.4, -0.2) is 52.2 Å². The maximum atomic E-state index is 13.3. The van der Waals surface area contributed by atoms with Crippen molar-refractivity contribution in [3.05, 3.63) is 24.0 Å². The number of nitrogens with two attached hydrogens (primary N) is 1. The number of hydrogen-bond acceptors (Lipinski definition) is 5. The van der Waals surface area contributed by atoms with Crippen molar-refractivity contribution in [3.8, 4) is 0 Å². The average Bonchev–Trinajstić information content (AvgIpc) is 2.85. The van der Waals surface area contributed by atoms with Crippen molar-refractivity contribution >= 4 is 15.7 Å². The van der Waals surface area contributed by atoms with E-state index < -0.39 is 15.8 Å². The Bertz CT molecular complexity index is 581. The van der Waals surface area contributed by atoms with E-state index in [9.17, 15) is 12.8 Å². The third-order valence-corrected chi connectivity index (χ3v) is 5.27. The van der Waals surface area contributed by atoms with Gasteiger partial charge >= 0.3 is 0 Å². The summed E-state index contributed by atoms with van der Waals surface area (Å²) in [5, 5.41) is 0. The summed E-state index contributed by atoms with van der Waals surface area (Å²) in [4.78, 5) is -0.232. The van der Waals surface area contributed by atoms with Gasteiger partial charge in [0.05, 0.1) is 17.9 Å². The molecule has 2 N–H and O–H groups in total. The van der Waals surface area contributed by atoms with Crippen molar-refractivity contribution in [1.29, 1.82) is 0 Å². The summed E-state index contributed by atoms with van der Waals surface area (Å²) in [6, 6.07) is 3.28. The summed E-state index contributed by atoms with van der Waals surface area (Å²) in [5.74, 6) is -0.649. The maximum Gasteiger partial charge on any atom is 0.245 e. The number of hydrogen-bond donors (Lipinski definition) is 1. The Kier molecular flexibility index (Phi) is 4.28. The van der Waals surface area contributed by atoms with E-state index in [-0.39, 0.29) is 35.9 Å². The highest BCUT2D eigenvalue weighted by molar-refractivity contribution is 7.89. The fourth-order valence-corrected chi connectivity index (χ4v) is 3.82. The second-order valence-corrected chi connectivity index (χ2v) is 6.46. The van der Waals surface area contributed by atoms with Gasteiger partial charge in [0.15, 0.2) is 0 Å². The molecular formula is C12H17FN2O4S. The van der Waals surface area contributed by atoms with Gasteiger partial charge in [0.2, 0.25) is 10.0 Å². The van der Waals surface area contributed by atoms with E-state index >= 15 is 0 Å². The van der Waals surface area contributed by atoms with Gasteiger partial charge in [0, 0.05) is 27.3 Å². The number of sulfonamides is 1. The van der Waals surface area contributed by atoms with Gasteiger partial charge < -0.3 is 15.2 Å². The molecule has 0 aromatic heterocycles. The van der Waals surface area contributed by atoms with Crippen LogP contribution in [0.3, 0.4) is 0 Å². The Morgan fingerprint density at radius 1 is 1.25 bits per heavy atom. The van der Waals surface area contributed by atoms with Crippen LogP contribution in [0.2, 0.25) is 0 Å². The minimum absolute atomic E-state index is 0.0150. The lowest BCUT2D eigenvalue weighted by Gasteiger charge is -2.17. The number of halogens is 1. The fraction of sp³-hybridized carbons (Fsp3) is 0.500. The monoisotopic (exact) mass is 304 g/mol. The lowest BCUT2D eigenvalue weighted by Crippen LogP contribution is -2.30. The molecule has 1 aromatic carbocycles. The lowest BCUT2D eigenvalue weighted by molar-refractivity contribution is -0.00461. The van der Waals surface area contributed by atoms with Crippen molar-refractivity contribution in [2.24, 2.45) is 0 Å². The summed E-state index contributed by atoms with van der Waals surface area (Å²) < 4.78 is 49.8. The molecule has 0 amide bonds. The molecule has 2 rings (SSSR count). The van der Waals surface area contributed by atoms with Gasteiger partial charge in [0.25, 0.3) is 0 Å². The van der Waals surface area contributed by atoms with Crippen molar-refractivity contribution < 1.29 is 22.3 Å². The molecule has 2 unspecified atom stereocenters.